The average Bonchev–Trinajstić information content (AvgIpc) is 2.75. The minimum Gasteiger partial charge on any atom is -0.478 e. The number of carboxylic acid groups (broad SMARTS) is 1. The Balaban J connectivity index is 2.47. The maximum Gasteiger partial charge on any atom is 0.338 e. The first kappa shape index (κ1) is 14.0. The summed E-state index contributed by atoms with van der Waals surface area (Å²) in [5.74, 6) is -1.69. The van der Waals surface area contributed by atoms with Crippen LogP contribution in [0.15, 0.2) is 11.4 Å². The Bertz CT molecular complexity index is 457. The molecule has 1 rings (SSSR count). The Hall–Kier alpha value is -2.09. The van der Waals surface area contributed by atoms with Crippen molar-refractivity contribution in [3.63, 3.8) is 0 Å². The number of carbonyl (C=O) groups excluding carboxylic acids is 2. The van der Waals surface area contributed by atoms with Gasteiger partial charge in [-0.25, -0.2) is 9.59 Å². The number of hydrogen-bond donors (Lipinski definition) is 3. The van der Waals surface area contributed by atoms with E-state index in [9.17, 15) is 14.4 Å². The number of thiophene rings is 1. The minimum absolute atomic E-state index is 0.00582. The maximum absolute atomic E-state index is 11.4. The molecule has 7 nitrogen and oxygen atoms in total. The standard InChI is InChI=1S/C10H12N2O5S/c1-2-17-7(13)5-11-10(16)12-8-6(9(14)15)3-4-18-8/h3-4H,2,5H2,1H3,(H,14,15)(H2,11,12,16). The van der Waals surface area contributed by atoms with E-state index in [2.05, 4.69) is 15.4 Å². The van der Waals surface area contributed by atoms with E-state index in [1.54, 1.807) is 12.3 Å². The van der Waals surface area contributed by atoms with Crippen LogP contribution in [0.5, 0.6) is 0 Å². The van der Waals surface area contributed by atoms with Crippen LogP contribution in [0.25, 0.3) is 0 Å². The van der Waals surface area contributed by atoms with Gasteiger partial charge in [0.1, 0.15) is 11.5 Å². The van der Waals surface area contributed by atoms with E-state index >= 15 is 0 Å². The van der Waals surface area contributed by atoms with Crippen molar-refractivity contribution in [1.82, 2.24) is 5.32 Å². The molecule has 98 valence electrons. The Morgan fingerprint density at radius 1 is 1.44 bits per heavy atom. The normalized spacial score (nSPS) is 9.61. The Morgan fingerprint density at radius 2 is 2.17 bits per heavy atom. The summed E-state index contributed by atoms with van der Waals surface area (Å²) in [5.41, 5.74) is 0.00582. The second-order valence-corrected chi connectivity index (χ2v) is 4.00. The fraction of sp³-hybridized carbons (Fsp3) is 0.300. The highest BCUT2D eigenvalue weighted by Crippen LogP contribution is 2.22. The molecular formula is C10H12N2O5S. The van der Waals surface area contributed by atoms with E-state index in [0.29, 0.717) is 0 Å². The third kappa shape index (κ3) is 4.06. The maximum atomic E-state index is 11.4. The molecule has 1 heterocycles. The molecule has 0 saturated carbocycles. The number of urea groups is 1. The van der Waals surface area contributed by atoms with Crippen LogP contribution in [0, 0.1) is 0 Å². The Morgan fingerprint density at radius 3 is 2.78 bits per heavy atom. The van der Waals surface area contributed by atoms with Crippen molar-refractivity contribution in [1.29, 1.82) is 0 Å². The molecule has 0 aliphatic rings. The molecule has 0 fully saturated rings. The molecule has 3 N–H and O–H groups in total. The van der Waals surface area contributed by atoms with Gasteiger partial charge in [0.25, 0.3) is 0 Å². The Kier molecular flexibility index (Phi) is 5.12. The number of ether oxygens (including phenoxy) is 1. The molecule has 1 aromatic rings. The summed E-state index contributed by atoms with van der Waals surface area (Å²) in [6.45, 7) is 1.62. The van der Waals surface area contributed by atoms with Gasteiger partial charge in [-0.15, -0.1) is 11.3 Å². The van der Waals surface area contributed by atoms with Gasteiger partial charge in [0.2, 0.25) is 0 Å². The zero-order valence-electron chi connectivity index (χ0n) is 9.56. The smallest absolute Gasteiger partial charge is 0.338 e. The predicted octanol–water partition coefficient (Wildman–Crippen LogP) is 1.13. The number of hydrogen-bond acceptors (Lipinski definition) is 5. The van der Waals surface area contributed by atoms with Crippen LogP contribution in [0.3, 0.4) is 0 Å². The molecule has 0 unspecified atom stereocenters. The molecule has 0 aromatic carbocycles. The number of anilines is 1. The van der Waals surface area contributed by atoms with Gasteiger partial charge in [-0.3, -0.25) is 10.1 Å². The van der Waals surface area contributed by atoms with E-state index in [0.717, 1.165) is 11.3 Å². The first-order valence-corrected chi connectivity index (χ1v) is 5.93. The topological polar surface area (TPSA) is 105 Å². The molecule has 18 heavy (non-hydrogen) atoms. The van der Waals surface area contributed by atoms with E-state index < -0.39 is 18.0 Å². The van der Waals surface area contributed by atoms with Gasteiger partial charge in [-0.1, -0.05) is 0 Å². The van der Waals surface area contributed by atoms with Crippen molar-refractivity contribution in [2.75, 3.05) is 18.5 Å². The van der Waals surface area contributed by atoms with Crippen LogP contribution < -0.4 is 10.6 Å². The Labute approximate surface area is 107 Å². The highest BCUT2D eigenvalue weighted by molar-refractivity contribution is 7.14. The first-order chi connectivity index (χ1) is 8.54. The number of rotatable bonds is 5. The lowest BCUT2D eigenvalue weighted by Gasteiger charge is -2.06. The third-order valence-electron chi connectivity index (χ3n) is 1.82. The van der Waals surface area contributed by atoms with Gasteiger partial charge in [-0.05, 0) is 18.4 Å². The number of aromatic carboxylic acids is 1. The summed E-state index contributed by atoms with van der Waals surface area (Å²) >= 11 is 1.08. The lowest BCUT2D eigenvalue weighted by Crippen LogP contribution is -2.34. The first-order valence-electron chi connectivity index (χ1n) is 5.05. The highest BCUT2D eigenvalue weighted by atomic mass is 32.1. The molecule has 1 aromatic heterocycles. The molecule has 0 aliphatic heterocycles. The number of esters is 1. The molecule has 0 bridgehead atoms. The number of carbonyl (C=O) groups is 3. The molecule has 0 atom stereocenters. The monoisotopic (exact) mass is 272 g/mol. The zero-order chi connectivity index (χ0) is 13.5. The van der Waals surface area contributed by atoms with E-state index in [1.165, 1.54) is 6.07 Å². The fourth-order valence-corrected chi connectivity index (χ4v) is 1.86. The van der Waals surface area contributed by atoms with Gasteiger partial charge in [0, 0.05) is 0 Å². The van der Waals surface area contributed by atoms with E-state index in [-0.39, 0.29) is 23.7 Å². The van der Waals surface area contributed by atoms with Crippen molar-refractivity contribution in [2.45, 2.75) is 6.92 Å². The quantitative estimate of drug-likeness (QED) is 0.697. The van der Waals surface area contributed by atoms with Crippen molar-refractivity contribution in [2.24, 2.45) is 0 Å². The molecule has 8 heteroatoms. The van der Waals surface area contributed by atoms with Crippen LogP contribution in [0.2, 0.25) is 0 Å². The van der Waals surface area contributed by atoms with Gasteiger partial charge in [0.05, 0.1) is 12.2 Å². The second kappa shape index (κ2) is 6.60. The molecule has 0 saturated heterocycles. The highest BCUT2D eigenvalue weighted by Gasteiger charge is 2.14. The fourth-order valence-electron chi connectivity index (χ4n) is 1.09. The van der Waals surface area contributed by atoms with E-state index in [4.69, 9.17) is 5.11 Å². The van der Waals surface area contributed by atoms with Gasteiger partial charge in [0.15, 0.2) is 0 Å². The average molecular weight is 272 g/mol. The van der Waals surface area contributed by atoms with Crippen LogP contribution >= 0.6 is 11.3 Å². The summed E-state index contributed by atoms with van der Waals surface area (Å²) in [7, 11) is 0. The molecule has 0 spiro atoms. The lowest BCUT2D eigenvalue weighted by molar-refractivity contribution is -0.141. The van der Waals surface area contributed by atoms with Crippen molar-refractivity contribution < 1.29 is 24.2 Å². The second-order valence-electron chi connectivity index (χ2n) is 3.08. The lowest BCUT2D eigenvalue weighted by atomic mass is 10.3. The van der Waals surface area contributed by atoms with Crippen LogP contribution in [0.4, 0.5) is 9.80 Å². The largest absolute Gasteiger partial charge is 0.478 e. The van der Waals surface area contributed by atoms with Gasteiger partial charge < -0.3 is 15.2 Å². The third-order valence-corrected chi connectivity index (χ3v) is 2.65. The summed E-state index contributed by atoms with van der Waals surface area (Å²) < 4.78 is 4.62. The molecule has 0 radical (unpaired) electrons. The number of nitrogens with one attached hydrogen (secondary N) is 2. The summed E-state index contributed by atoms with van der Waals surface area (Å²) in [6.07, 6.45) is 0. The summed E-state index contributed by atoms with van der Waals surface area (Å²) in [4.78, 5) is 33.1. The zero-order valence-corrected chi connectivity index (χ0v) is 10.4. The molecule has 0 aliphatic carbocycles. The predicted molar refractivity (Wildman–Crippen MR) is 64.9 cm³/mol. The van der Waals surface area contributed by atoms with Gasteiger partial charge in [-0.2, -0.15) is 0 Å². The van der Waals surface area contributed by atoms with Crippen molar-refractivity contribution in [3.05, 3.63) is 17.0 Å². The summed E-state index contributed by atoms with van der Waals surface area (Å²) in [5, 5.41) is 15.2. The van der Waals surface area contributed by atoms with Crippen LogP contribution in [-0.4, -0.2) is 36.2 Å². The summed E-state index contributed by atoms with van der Waals surface area (Å²) in [6, 6.07) is 0.724. The van der Waals surface area contributed by atoms with Crippen LogP contribution in [-0.2, 0) is 9.53 Å². The van der Waals surface area contributed by atoms with Crippen LogP contribution in [0.1, 0.15) is 17.3 Å². The minimum atomic E-state index is -1.13. The number of amides is 2. The molecule has 2 amide bonds. The SMILES string of the molecule is CCOC(=O)CNC(=O)Nc1sccc1C(=O)O. The molecular weight excluding hydrogens is 260 g/mol. The van der Waals surface area contributed by atoms with Crippen molar-refractivity contribution >= 4 is 34.3 Å². The van der Waals surface area contributed by atoms with Crippen molar-refractivity contribution in [3.8, 4) is 0 Å². The van der Waals surface area contributed by atoms with E-state index in [1.807, 2.05) is 0 Å². The number of carboxylic acids is 1. The van der Waals surface area contributed by atoms with Gasteiger partial charge >= 0.3 is 18.0 Å².